The Kier molecular flexibility index (Phi) is 6.09. The van der Waals surface area contributed by atoms with Gasteiger partial charge in [0.2, 0.25) is 6.41 Å². The minimum Gasteiger partial charge on any atom is -0.386 e. The number of carbonyl (C=O) groups is 1. The van der Waals surface area contributed by atoms with E-state index in [0.717, 1.165) is 5.69 Å². The summed E-state index contributed by atoms with van der Waals surface area (Å²) >= 11 is 0. The van der Waals surface area contributed by atoms with Gasteiger partial charge in [0.05, 0.1) is 5.69 Å². The highest BCUT2D eigenvalue weighted by atomic mass is 19.1. The van der Waals surface area contributed by atoms with Gasteiger partial charge in [-0.05, 0) is 31.2 Å². The standard InChI is InChI=1S/C8H9NO.C7H8FN/c1-7-2-4-8(5-3-7)9-6-10;1-9-7-5-3-2-4-6(7)8/h2-6H,1H3,(H,9,10);2-5,9H,1H3. The van der Waals surface area contributed by atoms with Crippen molar-refractivity contribution in [3.05, 3.63) is 59.9 Å². The van der Waals surface area contributed by atoms with E-state index >= 15 is 0 Å². The first-order chi connectivity index (χ1) is 9.17. The van der Waals surface area contributed by atoms with Crippen LogP contribution in [0.4, 0.5) is 15.8 Å². The second kappa shape index (κ2) is 7.87. The Hall–Kier alpha value is -2.36. The molecule has 0 saturated carbocycles. The van der Waals surface area contributed by atoms with Crippen LogP contribution in [0.2, 0.25) is 0 Å². The molecule has 3 nitrogen and oxygen atoms in total. The first-order valence-electron chi connectivity index (χ1n) is 5.86. The van der Waals surface area contributed by atoms with Gasteiger partial charge in [0.25, 0.3) is 0 Å². The maximum atomic E-state index is 12.5. The summed E-state index contributed by atoms with van der Waals surface area (Å²) in [6.07, 6.45) is 0.671. The van der Waals surface area contributed by atoms with Crippen molar-refractivity contribution in [2.45, 2.75) is 6.92 Å². The summed E-state index contributed by atoms with van der Waals surface area (Å²) in [6, 6.07) is 14.2. The number of nitrogens with one attached hydrogen (secondary N) is 2. The molecular weight excluding hydrogens is 243 g/mol. The predicted octanol–water partition coefficient (Wildman–Crippen LogP) is 3.43. The van der Waals surface area contributed by atoms with Gasteiger partial charge in [-0.3, -0.25) is 4.79 Å². The average Bonchev–Trinajstić information content (AvgIpc) is 2.43. The van der Waals surface area contributed by atoms with Crippen molar-refractivity contribution >= 4 is 17.8 Å². The first kappa shape index (κ1) is 14.7. The largest absolute Gasteiger partial charge is 0.386 e. The monoisotopic (exact) mass is 260 g/mol. The van der Waals surface area contributed by atoms with Crippen LogP contribution >= 0.6 is 0 Å². The number of benzene rings is 2. The fraction of sp³-hybridized carbons (Fsp3) is 0.133. The maximum absolute atomic E-state index is 12.5. The highest BCUT2D eigenvalue weighted by Gasteiger charge is 1.93. The Morgan fingerprint density at radius 2 is 1.68 bits per heavy atom. The Morgan fingerprint density at radius 1 is 1.05 bits per heavy atom. The van der Waals surface area contributed by atoms with Gasteiger partial charge in [0.15, 0.2) is 0 Å². The second-order valence-electron chi connectivity index (χ2n) is 3.86. The summed E-state index contributed by atoms with van der Waals surface area (Å²) in [7, 11) is 1.69. The predicted molar refractivity (Wildman–Crippen MR) is 76.8 cm³/mol. The summed E-state index contributed by atoms with van der Waals surface area (Å²) in [5.41, 5.74) is 2.56. The summed E-state index contributed by atoms with van der Waals surface area (Å²) in [4.78, 5) is 9.95. The number of halogens is 1. The van der Waals surface area contributed by atoms with Crippen molar-refractivity contribution < 1.29 is 9.18 Å². The van der Waals surface area contributed by atoms with Crippen molar-refractivity contribution in [1.29, 1.82) is 0 Å². The third-order valence-corrected chi connectivity index (χ3v) is 2.42. The molecule has 0 aromatic heterocycles. The number of hydrogen-bond donors (Lipinski definition) is 2. The molecule has 2 aromatic rings. The van der Waals surface area contributed by atoms with Gasteiger partial charge in [0.1, 0.15) is 5.82 Å². The molecule has 0 saturated heterocycles. The molecule has 2 aromatic carbocycles. The molecule has 100 valence electrons. The molecule has 0 spiro atoms. The third kappa shape index (κ3) is 5.21. The van der Waals surface area contributed by atoms with E-state index in [1.54, 1.807) is 25.2 Å². The van der Waals surface area contributed by atoms with Crippen LogP contribution in [0.3, 0.4) is 0 Å². The Bertz CT molecular complexity index is 512. The van der Waals surface area contributed by atoms with Gasteiger partial charge in [-0.15, -0.1) is 0 Å². The fourth-order valence-electron chi connectivity index (χ4n) is 1.38. The van der Waals surface area contributed by atoms with Crippen LogP contribution < -0.4 is 10.6 Å². The van der Waals surface area contributed by atoms with E-state index in [9.17, 15) is 9.18 Å². The van der Waals surface area contributed by atoms with Gasteiger partial charge < -0.3 is 10.6 Å². The molecular formula is C15H17FN2O. The topological polar surface area (TPSA) is 41.1 Å². The third-order valence-electron chi connectivity index (χ3n) is 2.42. The van der Waals surface area contributed by atoms with Crippen LogP contribution in [-0.4, -0.2) is 13.5 Å². The van der Waals surface area contributed by atoms with Gasteiger partial charge in [0, 0.05) is 12.7 Å². The number of anilines is 2. The quantitative estimate of drug-likeness (QED) is 0.830. The normalized spacial score (nSPS) is 9.00. The molecule has 2 N–H and O–H groups in total. The highest BCUT2D eigenvalue weighted by Crippen LogP contribution is 2.10. The summed E-state index contributed by atoms with van der Waals surface area (Å²) < 4.78 is 12.5. The molecule has 1 amide bonds. The van der Waals surface area contributed by atoms with Crippen molar-refractivity contribution in [2.24, 2.45) is 0 Å². The molecule has 0 atom stereocenters. The smallest absolute Gasteiger partial charge is 0.211 e. The van der Waals surface area contributed by atoms with Crippen LogP contribution in [-0.2, 0) is 4.79 Å². The van der Waals surface area contributed by atoms with Crippen molar-refractivity contribution in [3.63, 3.8) is 0 Å². The van der Waals surface area contributed by atoms with E-state index in [4.69, 9.17) is 0 Å². The maximum Gasteiger partial charge on any atom is 0.211 e. The Morgan fingerprint density at radius 3 is 2.16 bits per heavy atom. The average molecular weight is 260 g/mol. The van der Waals surface area contributed by atoms with E-state index in [2.05, 4.69) is 10.6 Å². The van der Waals surface area contributed by atoms with E-state index in [1.807, 2.05) is 31.2 Å². The van der Waals surface area contributed by atoms with E-state index < -0.39 is 0 Å². The molecule has 19 heavy (non-hydrogen) atoms. The minimum absolute atomic E-state index is 0.208. The van der Waals surface area contributed by atoms with Crippen LogP contribution in [0.1, 0.15) is 5.56 Å². The summed E-state index contributed by atoms with van der Waals surface area (Å²) in [5.74, 6) is -0.208. The number of para-hydroxylation sites is 1. The Labute approximate surface area is 112 Å². The SMILES string of the molecule is CNc1ccccc1F.Cc1ccc(NC=O)cc1. The summed E-state index contributed by atoms with van der Waals surface area (Å²) in [5, 5.41) is 5.27. The van der Waals surface area contributed by atoms with E-state index in [1.165, 1.54) is 11.6 Å². The van der Waals surface area contributed by atoms with Gasteiger partial charge in [-0.2, -0.15) is 0 Å². The molecule has 0 heterocycles. The van der Waals surface area contributed by atoms with E-state index in [0.29, 0.717) is 12.1 Å². The lowest BCUT2D eigenvalue weighted by Gasteiger charge is -1.97. The number of hydrogen-bond acceptors (Lipinski definition) is 2. The zero-order chi connectivity index (χ0) is 14.1. The van der Waals surface area contributed by atoms with Crippen molar-refractivity contribution in [2.75, 3.05) is 17.7 Å². The van der Waals surface area contributed by atoms with Crippen LogP contribution in [0.5, 0.6) is 0 Å². The number of aryl methyl sites for hydroxylation is 1. The van der Waals surface area contributed by atoms with Gasteiger partial charge >= 0.3 is 0 Å². The molecule has 0 fully saturated rings. The summed E-state index contributed by atoms with van der Waals surface area (Å²) in [6.45, 7) is 2.00. The number of carbonyl (C=O) groups excluding carboxylic acids is 1. The number of rotatable bonds is 3. The second-order valence-corrected chi connectivity index (χ2v) is 3.86. The lowest BCUT2D eigenvalue weighted by Crippen LogP contribution is -1.92. The fourth-order valence-corrected chi connectivity index (χ4v) is 1.38. The molecule has 0 unspecified atom stereocenters. The van der Waals surface area contributed by atoms with E-state index in [-0.39, 0.29) is 5.82 Å². The van der Waals surface area contributed by atoms with Crippen molar-refractivity contribution in [3.8, 4) is 0 Å². The van der Waals surface area contributed by atoms with Crippen LogP contribution in [0.25, 0.3) is 0 Å². The zero-order valence-corrected chi connectivity index (χ0v) is 11.0. The van der Waals surface area contributed by atoms with Gasteiger partial charge in [-0.25, -0.2) is 4.39 Å². The zero-order valence-electron chi connectivity index (χ0n) is 11.0. The van der Waals surface area contributed by atoms with Crippen molar-refractivity contribution in [1.82, 2.24) is 0 Å². The van der Waals surface area contributed by atoms with Crippen LogP contribution in [0, 0.1) is 12.7 Å². The lowest BCUT2D eigenvalue weighted by atomic mass is 10.2. The molecule has 4 heteroatoms. The molecule has 0 radical (unpaired) electrons. The molecule has 0 aliphatic carbocycles. The molecule has 0 bridgehead atoms. The first-order valence-corrected chi connectivity index (χ1v) is 5.86. The lowest BCUT2D eigenvalue weighted by molar-refractivity contribution is -0.105. The Balaban J connectivity index is 0.000000191. The van der Waals surface area contributed by atoms with Crippen LogP contribution in [0.15, 0.2) is 48.5 Å². The van der Waals surface area contributed by atoms with Gasteiger partial charge in [-0.1, -0.05) is 29.8 Å². The highest BCUT2D eigenvalue weighted by molar-refractivity contribution is 5.70. The molecule has 0 aliphatic heterocycles. The minimum atomic E-state index is -0.208. The molecule has 0 aliphatic rings. The number of amides is 1. The molecule has 2 rings (SSSR count).